The highest BCUT2D eigenvalue weighted by Gasteiger charge is 2.36. The zero-order chi connectivity index (χ0) is 15.5. The molecule has 21 heavy (non-hydrogen) atoms. The van der Waals surface area contributed by atoms with Gasteiger partial charge in [0.25, 0.3) is 0 Å². The molecule has 0 atom stereocenters. The van der Waals surface area contributed by atoms with Crippen LogP contribution in [0.2, 0.25) is 0 Å². The quantitative estimate of drug-likeness (QED) is 0.831. The molecule has 2 aromatic rings. The topological polar surface area (TPSA) is 63.6 Å². The van der Waals surface area contributed by atoms with Crippen molar-refractivity contribution >= 4 is 5.97 Å². The molecule has 0 fully saturated rings. The third-order valence-corrected chi connectivity index (χ3v) is 3.95. The molecule has 2 rings (SSSR count). The maximum absolute atomic E-state index is 11.0. The molecule has 0 saturated carbocycles. The Balaban J connectivity index is 2.39. The molecule has 0 aromatic carbocycles. The van der Waals surface area contributed by atoms with E-state index in [1.807, 2.05) is 45.0 Å². The second-order valence-electron chi connectivity index (χ2n) is 5.46. The predicted molar refractivity (Wildman–Crippen MR) is 79.5 cm³/mol. The number of aliphatic carboxylic acids is 1. The fraction of sp³-hybridized carbons (Fsp3) is 0.471. The minimum Gasteiger partial charge on any atom is -0.481 e. The number of hydrogen-bond donors (Lipinski definition) is 1. The Kier molecular flexibility index (Phi) is 4.56. The van der Waals surface area contributed by atoms with Crippen LogP contribution in [-0.4, -0.2) is 11.1 Å². The van der Waals surface area contributed by atoms with Gasteiger partial charge in [0, 0.05) is 19.3 Å². The van der Waals surface area contributed by atoms with Crippen LogP contribution in [0.3, 0.4) is 0 Å². The average molecular weight is 290 g/mol. The molecular formula is C17H22O4. The van der Waals surface area contributed by atoms with Crippen molar-refractivity contribution in [1.82, 2.24) is 0 Å². The van der Waals surface area contributed by atoms with Crippen molar-refractivity contribution in [3.05, 3.63) is 47.3 Å². The van der Waals surface area contributed by atoms with Gasteiger partial charge in [0.15, 0.2) is 0 Å². The van der Waals surface area contributed by atoms with Crippen LogP contribution in [0.25, 0.3) is 0 Å². The lowest BCUT2D eigenvalue weighted by Crippen LogP contribution is -2.23. The lowest BCUT2D eigenvalue weighted by atomic mass is 9.80. The van der Waals surface area contributed by atoms with Crippen LogP contribution in [-0.2, 0) is 23.1 Å². The number of rotatable bonds is 7. The van der Waals surface area contributed by atoms with E-state index in [1.54, 1.807) is 0 Å². The summed E-state index contributed by atoms with van der Waals surface area (Å²) < 4.78 is 11.7. The van der Waals surface area contributed by atoms with Crippen molar-refractivity contribution in [2.75, 3.05) is 0 Å². The van der Waals surface area contributed by atoms with Gasteiger partial charge in [-0.1, -0.05) is 13.8 Å². The van der Waals surface area contributed by atoms with Crippen LogP contribution in [0.1, 0.15) is 56.7 Å². The number of hydrogen-bond acceptors (Lipinski definition) is 3. The molecule has 0 spiro atoms. The molecule has 2 heterocycles. The Hall–Kier alpha value is -1.97. The molecule has 2 aromatic heterocycles. The van der Waals surface area contributed by atoms with Crippen LogP contribution < -0.4 is 0 Å². The summed E-state index contributed by atoms with van der Waals surface area (Å²) in [5.41, 5.74) is -0.556. The van der Waals surface area contributed by atoms with E-state index < -0.39 is 11.4 Å². The van der Waals surface area contributed by atoms with Crippen LogP contribution in [0.15, 0.2) is 33.1 Å². The van der Waals surface area contributed by atoms with E-state index in [1.165, 1.54) is 0 Å². The van der Waals surface area contributed by atoms with Crippen molar-refractivity contribution < 1.29 is 18.7 Å². The fourth-order valence-electron chi connectivity index (χ4n) is 2.45. The third kappa shape index (κ3) is 3.20. The second kappa shape index (κ2) is 6.20. The van der Waals surface area contributed by atoms with Crippen molar-refractivity contribution in [3.8, 4) is 0 Å². The summed E-state index contributed by atoms with van der Waals surface area (Å²) >= 11 is 0. The largest absolute Gasteiger partial charge is 0.481 e. The van der Waals surface area contributed by atoms with Crippen LogP contribution in [0.4, 0.5) is 0 Å². The first-order valence-corrected chi connectivity index (χ1v) is 7.39. The maximum Gasteiger partial charge on any atom is 0.303 e. The molecular weight excluding hydrogens is 268 g/mol. The number of carboxylic acids is 1. The molecule has 0 unspecified atom stereocenters. The van der Waals surface area contributed by atoms with E-state index in [-0.39, 0.29) is 6.42 Å². The number of carbonyl (C=O) groups is 1. The minimum absolute atomic E-state index is 0.0703. The van der Waals surface area contributed by atoms with E-state index in [4.69, 9.17) is 13.9 Å². The SMILES string of the molecule is CCc1ccc(C(C)(CCC(=O)O)c2ccc(CC)o2)o1. The lowest BCUT2D eigenvalue weighted by Gasteiger charge is -2.24. The summed E-state index contributed by atoms with van der Waals surface area (Å²) in [6, 6.07) is 7.74. The number of carboxylic acid groups (broad SMARTS) is 1. The smallest absolute Gasteiger partial charge is 0.303 e. The summed E-state index contributed by atoms with van der Waals surface area (Å²) in [5.74, 6) is 2.50. The van der Waals surface area contributed by atoms with Gasteiger partial charge in [-0.25, -0.2) is 0 Å². The summed E-state index contributed by atoms with van der Waals surface area (Å²) in [6.45, 7) is 6.03. The van der Waals surface area contributed by atoms with Gasteiger partial charge in [-0.3, -0.25) is 4.79 Å². The summed E-state index contributed by atoms with van der Waals surface area (Å²) in [4.78, 5) is 11.0. The van der Waals surface area contributed by atoms with Crippen LogP contribution in [0, 0.1) is 0 Å². The third-order valence-electron chi connectivity index (χ3n) is 3.95. The van der Waals surface area contributed by atoms with Crippen molar-refractivity contribution in [3.63, 3.8) is 0 Å². The van der Waals surface area contributed by atoms with Crippen LogP contribution >= 0.6 is 0 Å². The zero-order valence-electron chi connectivity index (χ0n) is 12.8. The fourth-order valence-corrected chi connectivity index (χ4v) is 2.45. The van der Waals surface area contributed by atoms with E-state index in [2.05, 4.69) is 0 Å². The predicted octanol–water partition coefficient (Wildman–Crippen LogP) is 4.17. The van der Waals surface area contributed by atoms with Gasteiger partial charge in [0.05, 0.1) is 5.41 Å². The van der Waals surface area contributed by atoms with Crippen molar-refractivity contribution in [2.45, 2.75) is 51.9 Å². The Bertz CT molecular complexity index is 564. The first kappa shape index (κ1) is 15.4. The standard InChI is InChI=1S/C17H22O4/c1-4-12-6-8-14(20-12)17(3,11-10-16(18)19)15-9-7-13(5-2)21-15/h6-9H,4-5,10-11H2,1-3H3,(H,18,19). The van der Waals surface area contributed by atoms with Gasteiger partial charge in [-0.2, -0.15) is 0 Å². The van der Waals surface area contributed by atoms with E-state index in [0.29, 0.717) is 6.42 Å². The Morgan fingerprint density at radius 3 is 1.86 bits per heavy atom. The summed E-state index contributed by atoms with van der Waals surface area (Å²) in [5, 5.41) is 9.01. The highest BCUT2D eigenvalue weighted by molar-refractivity contribution is 5.67. The molecule has 0 aliphatic rings. The van der Waals surface area contributed by atoms with E-state index >= 15 is 0 Å². The maximum atomic E-state index is 11.0. The van der Waals surface area contributed by atoms with Gasteiger partial charge in [-0.05, 0) is 37.6 Å². The molecule has 0 bridgehead atoms. The summed E-state index contributed by atoms with van der Waals surface area (Å²) in [6.07, 6.45) is 2.14. The van der Waals surface area contributed by atoms with E-state index in [0.717, 1.165) is 35.9 Å². The highest BCUT2D eigenvalue weighted by atomic mass is 16.4. The lowest BCUT2D eigenvalue weighted by molar-refractivity contribution is -0.137. The van der Waals surface area contributed by atoms with Crippen molar-refractivity contribution in [2.24, 2.45) is 0 Å². The average Bonchev–Trinajstić information content (AvgIpc) is 3.13. The molecule has 0 aliphatic heterocycles. The molecule has 0 aliphatic carbocycles. The molecule has 114 valence electrons. The van der Waals surface area contributed by atoms with Gasteiger partial charge < -0.3 is 13.9 Å². The van der Waals surface area contributed by atoms with Gasteiger partial charge in [0.2, 0.25) is 0 Å². The first-order valence-electron chi connectivity index (χ1n) is 7.39. The zero-order valence-corrected chi connectivity index (χ0v) is 12.8. The molecule has 4 heteroatoms. The second-order valence-corrected chi connectivity index (χ2v) is 5.46. The number of aryl methyl sites for hydroxylation is 2. The molecule has 1 N–H and O–H groups in total. The van der Waals surface area contributed by atoms with Gasteiger partial charge >= 0.3 is 5.97 Å². The van der Waals surface area contributed by atoms with Gasteiger partial charge in [-0.15, -0.1) is 0 Å². The highest BCUT2D eigenvalue weighted by Crippen LogP contribution is 2.38. The normalized spacial score (nSPS) is 11.8. The van der Waals surface area contributed by atoms with Crippen molar-refractivity contribution in [1.29, 1.82) is 0 Å². The first-order chi connectivity index (χ1) is 9.99. The minimum atomic E-state index is -0.814. The molecule has 4 nitrogen and oxygen atoms in total. The Morgan fingerprint density at radius 2 is 1.52 bits per heavy atom. The molecule has 0 saturated heterocycles. The summed E-state index contributed by atoms with van der Waals surface area (Å²) in [7, 11) is 0. The number of furan rings is 2. The van der Waals surface area contributed by atoms with Crippen LogP contribution in [0.5, 0.6) is 0 Å². The van der Waals surface area contributed by atoms with E-state index in [9.17, 15) is 4.79 Å². The Labute approximate surface area is 124 Å². The molecule has 0 radical (unpaired) electrons. The monoisotopic (exact) mass is 290 g/mol. The Morgan fingerprint density at radius 1 is 1.05 bits per heavy atom. The molecule has 0 amide bonds. The van der Waals surface area contributed by atoms with Gasteiger partial charge in [0.1, 0.15) is 23.0 Å².